The molecule has 27 heavy (non-hydrogen) atoms. The minimum atomic E-state index is -0.534. The van der Waals surface area contributed by atoms with Crippen molar-refractivity contribution in [3.63, 3.8) is 0 Å². The first-order valence-corrected chi connectivity index (χ1v) is 9.15. The van der Waals surface area contributed by atoms with E-state index in [1.807, 2.05) is 18.2 Å². The summed E-state index contributed by atoms with van der Waals surface area (Å²) in [6, 6.07) is 7.48. The number of ether oxygens (including phenoxy) is 1. The predicted octanol–water partition coefficient (Wildman–Crippen LogP) is 2.82. The summed E-state index contributed by atoms with van der Waals surface area (Å²) in [5, 5.41) is 5.01. The van der Waals surface area contributed by atoms with Crippen LogP contribution in [0.3, 0.4) is 0 Å². The molecule has 4 rings (SSSR count). The van der Waals surface area contributed by atoms with Crippen molar-refractivity contribution < 1.29 is 14.3 Å². The van der Waals surface area contributed by atoms with Gasteiger partial charge < -0.3 is 15.5 Å². The highest BCUT2D eigenvalue weighted by atomic mass is 32.1. The monoisotopic (exact) mass is 380 g/mol. The molecule has 0 atom stereocenters. The first-order valence-electron chi connectivity index (χ1n) is 8.27. The highest BCUT2D eigenvalue weighted by molar-refractivity contribution is 7.14. The summed E-state index contributed by atoms with van der Waals surface area (Å²) in [5.74, 6) is 0.115. The van der Waals surface area contributed by atoms with Gasteiger partial charge in [-0.1, -0.05) is 6.07 Å². The van der Waals surface area contributed by atoms with Crippen LogP contribution in [0.1, 0.15) is 21.6 Å². The molecule has 2 aromatic heterocycles. The Balaban J connectivity index is 1.41. The third-order valence-electron chi connectivity index (χ3n) is 4.12. The summed E-state index contributed by atoms with van der Waals surface area (Å²) in [5.41, 5.74) is 9.03. The molecular formula is C19H16N4O3S. The van der Waals surface area contributed by atoms with E-state index in [0.29, 0.717) is 23.1 Å². The molecule has 2 amide bonds. The van der Waals surface area contributed by atoms with Crippen molar-refractivity contribution in [3.8, 4) is 17.0 Å². The highest BCUT2D eigenvalue weighted by Crippen LogP contribution is 2.27. The second-order valence-corrected chi connectivity index (χ2v) is 6.85. The standard InChI is InChI=1S/C19H16N4O3S/c20-18(25)14-8-13(9-21-14)15-10-27-19(22-15)23-17(24)4-2-11-1-3-16-12(7-11)5-6-26-16/h1-4,7-10,21H,5-6H2,(H2,20,25)(H,22,23,24)/b4-2+. The van der Waals surface area contributed by atoms with Crippen LogP contribution in [0.2, 0.25) is 0 Å². The third kappa shape index (κ3) is 3.75. The van der Waals surface area contributed by atoms with Crippen LogP contribution in [-0.4, -0.2) is 28.4 Å². The molecule has 0 bridgehead atoms. The summed E-state index contributed by atoms with van der Waals surface area (Å²) < 4.78 is 5.47. The van der Waals surface area contributed by atoms with Gasteiger partial charge in [0.05, 0.1) is 12.3 Å². The molecule has 8 heteroatoms. The zero-order valence-electron chi connectivity index (χ0n) is 14.2. The van der Waals surface area contributed by atoms with Crippen molar-refractivity contribution in [3.05, 3.63) is 58.7 Å². The van der Waals surface area contributed by atoms with Crippen LogP contribution in [0.25, 0.3) is 17.3 Å². The lowest BCUT2D eigenvalue weighted by atomic mass is 10.1. The largest absolute Gasteiger partial charge is 0.493 e. The number of amides is 2. The minimum Gasteiger partial charge on any atom is -0.493 e. The third-order valence-corrected chi connectivity index (χ3v) is 4.88. The van der Waals surface area contributed by atoms with Gasteiger partial charge in [-0.2, -0.15) is 0 Å². The molecule has 0 unspecified atom stereocenters. The van der Waals surface area contributed by atoms with Crippen LogP contribution < -0.4 is 15.8 Å². The van der Waals surface area contributed by atoms with Crippen molar-refractivity contribution in [2.75, 3.05) is 11.9 Å². The number of anilines is 1. The van der Waals surface area contributed by atoms with Crippen molar-refractivity contribution in [2.45, 2.75) is 6.42 Å². The molecule has 0 aliphatic carbocycles. The SMILES string of the molecule is NC(=O)c1cc(-c2csc(NC(=O)/C=C/c3ccc4c(c3)CCO4)n2)c[nH]1. The maximum atomic E-state index is 12.1. The fourth-order valence-corrected chi connectivity index (χ4v) is 3.50. The number of nitrogens with zero attached hydrogens (tertiary/aromatic N) is 1. The van der Waals surface area contributed by atoms with Crippen LogP contribution >= 0.6 is 11.3 Å². The van der Waals surface area contributed by atoms with Gasteiger partial charge >= 0.3 is 0 Å². The number of primary amides is 1. The van der Waals surface area contributed by atoms with Crippen LogP contribution in [-0.2, 0) is 11.2 Å². The van der Waals surface area contributed by atoms with Crippen LogP contribution in [0.4, 0.5) is 5.13 Å². The number of carbonyl (C=O) groups excluding carboxylic acids is 2. The topological polar surface area (TPSA) is 110 Å². The Morgan fingerprint density at radius 3 is 3.04 bits per heavy atom. The summed E-state index contributed by atoms with van der Waals surface area (Å²) in [7, 11) is 0. The van der Waals surface area contributed by atoms with Gasteiger partial charge in [-0.3, -0.25) is 14.9 Å². The second-order valence-electron chi connectivity index (χ2n) is 5.99. The Labute approximate surface area is 158 Å². The number of fused-ring (bicyclic) bond motifs is 1. The number of carbonyl (C=O) groups is 2. The number of nitrogens with two attached hydrogens (primary N) is 1. The summed E-state index contributed by atoms with van der Waals surface area (Å²) in [4.78, 5) is 30.4. The van der Waals surface area contributed by atoms with E-state index in [1.165, 1.54) is 17.4 Å². The fraction of sp³-hybridized carbons (Fsp3) is 0.105. The molecule has 136 valence electrons. The van der Waals surface area contributed by atoms with Gasteiger partial charge in [0.15, 0.2) is 5.13 Å². The highest BCUT2D eigenvalue weighted by Gasteiger charge is 2.12. The van der Waals surface area contributed by atoms with Gasteiger partial charge in [0.25, 0.3) is 5.91 Å². The normalized spacial score (nSPS) is 12.7. The molecule has 0 saturated carbocycles. The Hall–Kier alpha value is -3.39. The first-order chi connectivity index (χ1) is 13.1. The lowest BCUT2D eigenvalue weighted by Crippen LogP contribution is -2.10. The van der Waals surface area contributed by atoms with Gasteiger partial charge in [0.1, 0.15) is 11.4 Å². The predicted molar refractivity (Wildman–Crippen MR) is 104 cm³/mol. The number of aromatic amines is 1. The van der Waals surface area contributed by atoms with Gasteiger partial charge in [0, 0.05) is 29.6 Å². The zero-order valence-corrected chi connectivity index (χ0v) is 15.0. The Morgan fingerprint density at radius 1 is 1.33 bits per heavy atom. The molecule has 0 saturated heterocycles. The van der Waals surface area contributed by atoms with Gasteiger partial charge in [-0.15, -0.1) is 11.3 Å². The lowest BCUT2D eigenvalue weighted by molar-refractivity contribution is -0.111. The van der Waals surface area contributed by atoms with Crippen LogP contribution in [0, 0.1) is 0 Å². The summed E-state index contributed by atoms with van der Waals surface area (Å²) >= 11 is 1.30. The molecule has 3 heterocycles. The first kappa shape index (κ1) is 17.0. The summed E-state index contributed by atoms with van der Waals surface area (Å²) in [6.07, 6.45) is 5.77. The quantitative estimate of drug-likeness (QED) is 0.591. The van der Waals surface area contributed by atoms with E-state index in [4.69, 9.17) is 10.5 Å². The van der Waals surface area contributed by atoms with Crippen molar-refractivity contribution in [1.82, 2.24) is 9.97 Å². The number of hydrogen-bond acceptors (Lipinski definition) is 5. The maximum absolute atomic E-state index is 12.1. The number of aromatic nitrogens is 2. The molecule has 1 aliphatic rings. The number of nitrogens with one attached hydrogen (secondary N) is 2. The second kappa shape index (κ2) is 7.08. The van der Waals surface area contributed by atoms with E-state index in [1.54, 1.807) is 23.7 Å². The van der Waals surface area contributed by atoms with Crippen LogP contribution in [0.5, 0.6) is 5.75 Å². The Bertz CT molecular complexity index is 1050. The van der Waals surface area contributed by atoms with E-state index in [2.05, 4.69) is 15.3 Å². The molecule has 4 N–H and O–H groups in total. The lowest BCUT2D eigenvalue weighted by Gasteiger charge is -2.00. The Kier molecular flexibility index (Phi) is 4.47. The summed E-state index contributed by atoms with van der Waals surface area (Å²) in [6.45, 7) is 0.706. The van der Waals surface area contributed by atoms with E-state index >= 15 is 0 Å². The maximum Gasteiger partial charge on any atom is 0.265 e. The zero-order chi connectivity index (χ0) is 18.8. The average molecular weight is 380 g/mol. The molecule has 0 spiro atoms. The Morgan fingerprint density at radius 2 is 2.22 bits per heavy atom. The van der Waals surface area contributed by atoms with Gasteiger partial charge in [-0.05, 0) is 35.4 Å². The molecule has 7 nitrogen and oxygen atoms in total. The van der Waals surface area contributed by atoms with E-state index < -0.39 is 5.91 Å². The molecule has 3 aromatic rings. The van der Waals surface area contributed by atoms with E-state index in [9.17, 15) is 9.59 Å². The van der Waals surface area contributed by atoms with Gasteiger partial charge in [-0.25, -0.2) is 4.98 Å². The van der Waals surface area contributed by atoms with Crippen molar-refractivity contribution in [1.29, 1.82) is 0 Å². The smallest absolute Gasteiger partial charge is 0.265 e. The van der Waals surface area contributed by atoms with Crippen molar-refractivity contribution in [2.24, 2.45) is 5.73 Å². The fourth-order valence-electron chi connectivity index (χ4n) is 2.78. The molecule has 0 radical (unpaired) electrons. The molecule has 1 aliphatic heterocycles. The number of hydrogen-bond donors (Lipinski definition) is 3. The van der Waals surface area contributed by atoms with Crippen molar-refractivity contribution >= 4 is 34.4 Å². The van der Waals surface area contributed by atoms with Crippen LogP contribution in [0.15, 0.2) is 41.9 Å². The molecule has 0 fully saturated rings. The molecular weight excluding hydrogens is 364 g/mol. The number of rotatable bonds is 5. The number of H-pyrrole nitrogens is 1. The van der Waals surface area contributed by atoms with E-state index in [-0.39, 0.29) is 5.91 Å². The number of benzene rings is 1. The van der Waals surface area contributed by atoms with E-state index in [0.717, 1.165) is 28.9 Å². The average Bonchev–Trinajstić information content (AvgIpc) is 3.39. The minimum absolute atomic E-state index is 0.264. The molecule has 1 aromatic carbocycles. The van der Waals surface area contributed by atoms with Gasteiger partial charge in [0.2, 0.25) is 5.91 Å². The number of thiazole rings is 1.